The largest absolute Gasteiger partial charge is 0.289 e. The fourth-order valence-corrected chi connectivity index (χ4v) is 2.24. The summed E-state index contributed by atoms with van der Waals surface area (Å²) < 4.78 is 0.729. The minimum atomic E-state index is 0.00474. The van der Waals surface area contributed by atoms with Crippen LogP contribution in [0, 0.1) is 0 Å². The molecule has 80 valence electrons. The predicted molar refractivity (Wildman–Crippen MR) is 69.1 cm³/mol. The van der Waals surface area contributed by atoms with Gasteiger partial charge in [-0.3, -0.25) is 4.79 Å². The van der Waals surface area contributed by atoms with Crippen molar-refractivity contribution < 1.29 is 4.79 Å². The number of benzene rings is 1. The summed E-state index contributed by atoms with van der Waals surface area (Å²) in [6.07, 6.45) is 3.35. The maximum Gasteiger partial charge on any atom is 0.185 e. The van der Waals surface area contributed by atoms with Crippen molar-refractivity contribution in [3.05, 3.63) is 63.3 Å². The molecule has 0 fully saturated rings. The fraction of sp³-hybridized carbons (Fsp3) is 0. The van der Waals surface area contributed by atoms with Crippen molar-refractivity contribution in [1.29, 1.82) is 0 Å². The summed E-state index contributed by atoms with van der Waals surface area (Å²) in [7, 11) is 0. The Bertz CT molecular complexity index is 514. The molecule has 0 amide bonds. The molecule has 0 aliphatic heterocycles. The minimum absolute atomic E-state index is 0.00474. The summed E-state index contributed by atoms with van der Waals surface area (Å²) in [6, 6.07) is 12.9. The molecule has 0 spiro atoms. The molecule has 0 unspecified atom stereocenters. The molecular weight excluding hydrogens is 240 g/mol. The number of ketones is 1. The summed E-state index contributed by atoms with van der Waals surface area (Å²) >= 11 is 7.24. The van der Waals surface area contributed by atoms with Gasteiger partial charge in [-0.1, -0.05) is 41.9 Å². The smallest absolute Gasteiger partial charge is 0.185 e. The molecule has 1 nitrogen and oxygen atoms in total. The highest BCUT2D eigenvalue weighted by atomic mass is 35.5. The van der Waals surface area contributed by atoms with Crippen LogP contribution in [-0.4, -0.2) is 5.78 Å². The lowest BCUT2D eigenvalue weighted by molar-refractivity contribution is 0.104. The second kappa shape index (κ2) is 5.10. The Morgan fingerprint density at radius 2 is 1.88 bits per heavy atom. The van der Waals surface area contributed by atoms with Crippen molar-refractivity contribution in [2.24, 2.45) is 0 Å². The average Bonchev–Trinajstić information content (AvgIpc) is 2.73. The topological polar surface area (TPSA) is 17.1 Å². The van der Waals surface area contributed by atoms with E-state index >= 15 is 0 Å². The normalized spacial score (nSPS) is 10.8. The van der Waals surface area contributed by atoms with E-state index in [9.17, 15) is 4.79 Å². The van der Waals surface area contributed by atoms with E-state index in [0.717, 1.165) is 9.21 Å². The van der Waals surface area contributed by atoms with E-state index < -0.39 is 0 Å². The molecule has 1 aromatic carbocycles. The molecule has 0 bridgehead atoms. The molecular formula is C13H9ClOS. The van der Waals surface area contributed by atoms with Crippen molar-refractivity contribution in [2.75, 3.05) is 0 Å². The molecule has 2 rings (SSSR count). The van der Waals surface area contributed by atoms with E-state index in [1.54, 1.807) is 24.3 Å². The molecule has 0 aliphatic carbocycles. The maximum atomic E-state index is 11.7. The number of carbonyl (C=O) groups excluding carboxylic acids is 1. The zero-order valence-electron chi connectivity index (χ0n) is 8.39. The van der Waals surface area contributed by atoms with Crippen molar-refractivity contribution in [1.82, 2.24) is 0 Å². The Balaban J connectivity index is 2.11. The van der Waals surface area contributed by atoms with Crippen LogP contribution in [0.4, 0.5) is 0 Å². The van der Waals surface area contributed by atoms with Crippen molar-refractivity contribution in [3.63, 3.8) is 0 Å². The van der Waals surface area contributed by atoms with Crippen LogP contribution in [0.15, 0.2) is 48.5 Å². The van der Waals surface area contributed by atoms with Crippen LogP contribution < -0.4 is 0 Å². The van der Waals surface area contributed by atoms with E-state index in [0.29, 0.717) is 5.56 Å². The van der Waals surface area contributed by atoms with Crippen LogP contribution in [0.2, 0.25) is 4.34 Å². The lowest BCUT2D eigenvalue weighted by Crippen LogP contribution is -1.92. The third kappa shape index (κ3) is 2.81. The first-order valence-corrected chi connectivity index (χ1v) is 5.98. The van der Waals surface area contributed by atoms with Gasteiger partial charge in [-0.2, -0.15) is 0 Å². The van der Waals surface area contributed by atoms with Crippen LogP contribution in [-0.2, 0) is 0 Å². The quantitative estimate of drug-likeness (QED) is 0.585. The number of halogens is 1. The van der Waals surface area contributed by atoms with Crippen LogP contribution in [0.25, 0.3) is 6.08 Å². The van der Waals surface area contributed by atoms with Gasteiger partial charge in [-0.15, -0.1) is 11.3 Å². The number of hydrogen-bond acceptors (Lipinski definition) is 2. The maximum absolute atomic E-state index is 11.7. The lowest BCUT2D eigenvalue weighted by atomic mass is 10.1. The number of hydrogen-bond donors (Lipinski definition) is 0. The van der Waals surface area contributed by atoms with E-state index in [-0.39, 0.29) is 5.78 Å². The molecule has 0 atom stereocenters. The summed E-state index contributed by atoms with van der Waals surface area (Å²) in [5.74, 6) is 0.00474. The monoisotopic (exact) mass is 248 g/mol. The van der Waals surface area contributed by atoms with Gasteiger partial charge in [0.1, 0.15) is 0 Å². The van der Waals surface area contributed by atoms with Crippen LogP contribution >= 0.6 is 22.9 Å². The molecule has 0 N–H and O–H groups in total. The van der Waals surface area contributed by atoms with Gasteiger partial charge in [0, 0.05) is 10.4 Å². The van der Waals surface area contributed by atoms with E-state index in [2.05, 4.69) is 0 Å². The molecule has 3 heteroatoms. The van der Waals surface area contributed by atoms with Crippen molar-refractivity contribution in [3.8, 4) is 0 Å². The number of allylic oxidation sites excluding steroid dienone is 1. The zero-order valence-corrected chi connectivity index (χ0v) is 9.96. The molecule has 0 aliphatic rings. The molecule has 1 aromatic heterocycles. The molecule has 0 saturated heterocycles. The standard InChI is InChI=1S/C13H9ClOS/c14-13-9-7-11(16-13)6-8-12(15)10-4-2-1-3-5-10/h1-9H. The zero-order chi connectivity index (χ0) is 11.4. The number of carbonyl (C=O) groups is 1. The van der Waals surface area contributed by atoms with E-state index in [1.807, 2.05) is 30.3 Å². The second-order valence-electron chi connectivity index (χ2n) is 3.21. The van der Waals surface area contributed by atoms with Gasteiger partial charge in [-0.25, -0.2) is 0 Å². The number of rotatable bonds is 3. The summed E-state index contributed by atoms with van der Waals surface area (Å²) in [5.41, 5.74) is 0.696. The Hall–Kier alpha value is -1.38. The summed E-state index contributed by atoms with van der Waals surface area (Å²) in [5, 5.41) is 0. The van der Waals surface area contributed by atoms with Crippen LogP contribution in [0.5, 0.6) is 0 Å². The molecule has 16 heavy (non-hydrogen) atoms. The van der Waals surface area contributed by atoms with Crippen molar-refractivity contribution >= 4 is 34.8 Å². The molecule has 0 radical (unpaired) electrons. The van der Waals surface area contributed by atoms with Gasteiger partial charge in [-0.05, 0) is 24.3 Å². The molecule has 2 aromatic rings. The average molecular weight is 249 g/mol. The second-order valence-corrected chi connectivity index (χ2v) is 4.95. The predicted octanol–water partition coefficient (Wildman–Crippen LogP) is 4.30. The highest BCUT2D eigenvalue weighted by molar-refractivity contribution is 7.17. The third-order valence-corrected chi connectivity index (χ3v) is 3.25. The van der Waals surface area contributed by atoms with Gasteiger partial charge in [0.25, 0.3) is 0 Å². The Kier molecular flexibility index (Phi) is 3.54. The fourth-order valence-electron chi connectivity index (χ4n) is 1.27. The summed E-state index contributed by atoms with van der Waals surface area (Å²) in [6.45, 7) is 0. The highest BCUT2D eigenvalue weighted by Crippen LogP contribution is 2.22. The highest BCUT2D eigenvalue weighted by Gasteiger charge is 2.00. The van der Waals surface area contributed by atoms with Gasteiger partial charge < -0.3 is 0 Å². The first-order chi connectivity index (χ1) is 7.75. The van der Waals surface area contributed by atoms with Gasteiger partial charge in [0.05, 0.1) is 4.34 Å². The van der Waals surface area contributed by atoms with Gasteiger partial charge in [0.2, 0.25) is 0 Å². The number of thiophene rings is 1. The van der Waals surface area contributed by atoms with E-state index in [1.165, 1.54) is 11.3 Å². The Labute approximate surface area is 103 Å². The molecule has 1 heterocycles. The van der Waals surface area contributed by atoms with Gasteiger partial charge >= 0.3 is 0 Å². The first kappa shape index (κ1) is 11.1. The lowest BCUT2D eigenvalue weighted by Gasteiger charge is -1.92. The van der Waals surface area contributed by atoms with Gasteiger partial charge in [0.15, 0.2) is 5.78 Å². The SMILES string of the molecule is O=C(C=Cc1ccc(Cl)s1)c1ccccc1. The van der Waals surface area contributed by atoms with Crippen LogP contribution in [0.1, 0.15) is 15.2 Å². The molecule has 0 saturated carbocycles. The Morgan fingerprint density at radius 3 is 2.50 bits per heavy atom. The summed E-state index contributed by atoms with van der Waals surface area (Å²) in [4.78, 5) is 12.7. The van der Waals surface area contributed by atoms with E-state index in [4.69, 9.17) is 11.6 Å². The Morgan fingerprint density at radius 1 is 1.12 bits per heavy atom. The van der Waals surface area contributed by atoms with Crippen molar-refractivity contribution in [2.45, 2.75) is 0 Å². The van der Waals surface area contributed by atoms with Crippen LogP contribution in [0.3, 0.4) is 0 Å². The minimum Gasteiger partial charge on any atom is -0.289 e. The first-order valence-electron chi connectivity index (χ1n) is 4.78. The third-order valence-electron chi connectivity index (χ3n) is 2.05.